The molecule has 12 heteroatoms. The Labute approximate surface area is 294 Å². The first kappa shape index (κ1) is 39.2. The van der Waals surface area contributed by atoms with Crippen LogP contribution < -0.4 is 31.9 Å². The fourth-order valence-electron chi connectivity index (χ4n) is 5.77. The molecule has 0 fully saturated rings. The summed E-state index contributed by atoms with van der Waals surface area (Å²) in [7, 11) is -2.43. The van der Waals surface area contributed by atoms with Gasteiger partial charge in [-0.3, -0.25) is 9.59 Å². The number of carbonyl (C=O) groups is 5. The first-order valence-electron chi connectivity index (χ1n) is 16.7. The predicted molar refractivity (Wildman–Crippen MR) is 198 cm³/mol. The third-order valence-corrected chi connectivity index (χ3v) is 13.5. The van der Waals surface area contributed by atoms with Gasteiger partial charge in [-0.15, -0.1) is 0 Å². The summed E-state index contributed by atoms with van der Waals surface area (Å²) in [6.07, 6.45) is 2.30. The number of esters is 2. The molecule has 0 aliphatic carbocycles. The van der Waals surface area contributed by atoms with Crippen molar-refractivity contribution < 1.29 is 33.4 Å². The van der Waals surface area contributed by atoms with Crippen LogP contribution >= 0.6 is 19.9 Å². The number of thiol groups is 1. The number of carbonyl (C=O) groups excluding carboxylic acids is 5. The molecule has 2 unspecified atom stereocenters. The molecule has 0 heterocycles. The van der Waals surface area contributed by atoms with Gasteiger partial charge in [0.1, 0.15) is 6.54 Å². The average molecular weight is 710 g/mol. The Hall–Kier alpha value is -4.21. The Bertz CT molecular complexity index is 1400. The molecule has 3 aromatic carbocycles. The van der Waals surface area contributed by atoms with Gasteiger partial charge in [0, 0.05) is 5.75 Å². The number of unbranched alkanes of at least 4 members (excludes halogenated alkanes) is 1. The Morgan fingerprint density at radius 2 is 1.16 bits per heavy atom. The fraction of sp³-hybridized carbons (Fsp3) is 0.378. The number of nitrogens with one attached hydrogen (secondary N) is 3. The van der Waals surface area contributed by atoms with Crippen molar-refractivity contribution in [2.24, 2.45) is 0 Å². The summed E-state index contributed by atoms with van der Waals surface area (Å²) >= 11 is 4.13. The van der Waals surface area contributed by atoms with E-state index in [9.17, 15) is 24.0 Å². The van der Waals surface area contributed by atoms with Crippen molar-refractivity contribution in [2.45, 2.75) is 58.0 Å². The van der Waals surface area contributed by atoms with Crippen LogP contribution in [0.1, 0.15) is 46.0 Å². The Kier molecular flexibility index (Phi) is 16.8. The summed E-state index contributed by atoms with van der Waals surface area (Å²) in [6.45, 7) is 3.28. The van der Waals surface area contributed by atoms with Crippen molar-refractivity contribution in [3.63, 3.8) is 0 Å². The number of hydrogen-bond donors (Lipinski definition) is 4. The van der Waals surface area contributed by atoms with E-state index in [1.165, 1.54) is 15.9 Å². The standard InChI is InChI=1S/C37H48N3O7PS/c1-3-46-35(43)26-38-36(44)32(27-49)40-34(42)24-23-31(37(45)47-4-2)39-33(41)22-14-15-25-48(28-16-8-5-9-17-28,29-18-10-6-11-19-29)30-20-12-7-13-21-30/h5-13,16-21,31-32,48-49H,3-4,14-15,22-27H2,1-2H3,(H,38,44)(H,39,41)(H,40,42). The van der Waals surface area contributed by atoms with Gasteiger partial charge in [-0.1, -0.05) is 0 Å². The summed E-state index contributed by atoms with van der Waals surface area (Å²) in [5.41, 5.74) is 0. The van der Waals surface area contributed by atoms with Gasteiger partial charge in [0.15, 0.2) is 0 Å². The van der Waals surface area contributed by atoms with E-state index in [1.54, 1.807) is 13.8 Å². The molecule has 0 saturated heterocycles. The Morgan fingerprint density at radius 1 is 0.673 bits per heavy atom. The van der Waals surface area contributed by atoms with Crippen LogP contribution in [-0.2, 0) is 33.4 Å². The normalized spacial score (nSPS) is 12.6. The molecule has 264 valence electrons. The maximum absolute atomic E-state index is 13.1. The van der Waals surface area contributed by atoms with Gasteiger partial charge in [-0.05, 0) is 6.92 Å². The van der Waals surface area contributed by atoms with Gasteiger partial charge >= 0.3 is 232 Å². The van der Waals surface area contributed by atoms with Gasteiger partial charge in [0.25, 0.3) is 0 Å². The summed E-state index contributed by atoms with van der Waals surface area (Å²) in [6, 6.07) is 29.7. The molecule has 0 saturated carbocycles. The predicted octanol–water partition coefficient (Wildman–Crippen LogP) is 2.81. The molecule has 0 bridgehead atoms. The van der Waals surface area contributed by atoms with E-state index in [0.717, 1.165) is 12.6 Å². The number of hydrogen-bond acceptors (Lipinski definition) is 8. The van der Waals surface area contributed by atoms with Crippen LogP contribution in [0.15, 0.2) is 91.0 Å². The van der Waals surface area contributed by atoms with Crippen molar-refractivity contribution in [3.8, 4) is 0 Å². The molecule has 3 amide bonds. The van der Waals surface area contributed by atoms with Gasteiger partial charge in [0.2, 0.25) is 5.91 Å². The fourth-order valence-corrected chi connectivity index (χ4v) is 11.0. The van der Waals surface area contributed by atoms with Crippen molar-refractivity contribution >= 4 is 65.5 Å². The zero-order chi connectivity index (χ0) is 35.5. The van der Waals surface area contributed by atoms with E-state index in [0.29, 0.717) is 6.42 Å². The van der Waals surface area contributed by atoms with Crippen LogP contribution in [0.3, 0.4) is 0 Å². The number of benzene rings is 3. The number of amides is 3. The van der Waals surface area contributed by atoms with Gasteiger partial charge in [-0.25, -0.2) is 0 Å². The number of ether oxygens (including phenoxy) is 2. The molecule has 3 N–H and O–H groups in total. The summed E-state index contributed by atoms with van der Waals surface area (Å²) < 4.78 is 9.96. The molecular formula is C37H48N3O7PS. The number of rotatable bonds is 20. The second kappa shape index (κ2) is 21.0. The van der Waals surface area contributed by atoms with Crippen molar-refractivity contribution in [1.82, 2.24) is 16.0 Å². The van der Waals surface area contributed by atoms with Crippen LogP contribution in [0.4, 0.5) is 0 Å². The second-order valence-corrected chi connectivity index (χ2v) is 15.9. The van der Waals surface area contributed by atoms with Gasteiger partial charge < -0.3 is 10.1 Å². The maximum atomic E-state index is 13.1. The molecule has 0 radical (unpaired) electrons. The third-order valence-electron chi connectivity index (χ3n) is 8.12. The molecule has 0 aromatic heterocycles. The molecule has 0 spiro atoms. The van der Waals surface area contributed by atoms with Gasteiger partial charge in [0.05, 0.1) is 6.61 Å². The summed E-state index contributed by atoms with van der Waals surface area (Å²) in [4.78, 5) is 62.5. The first-order valence-corrected chi connectivity index (χ1v) is 19.5. The van der Waals surface area contributed by atoms with E-state index < -0.39 is 43.1 Å². The Balaban J connectivity index is 1.62. The van der Waals surface area contributed by atoms with Crippen LogP contribution in [0, 0.1) is 0 Å². The summed E-state index contributed by atoms with van der Waals surface area (Å²) in [5, 5.41) is 11.6. The molecule has 2 atom stereocenters. The quantitative estimate of drug-likeness (QED) is 0.0613. The van der Waals surface area contributed by atoms with E-state index in [1.807, 2.05) is 18.2 Å². The van der Waals surface area contributed by atoms with Crippen molar-refractivity contribution in [3.05, 3.63) is 91.0 Å². The van der Waals surface area contributed by atoms with E-state index in [4.69, 9.17) is 9.47 Å². The zero-order valence-corrected chi connectivity index (χ0v) is 30.1. The molecule has 10 nitrogen and oxygen atoms in total. The molecule has 0 aliphatic heterocycles. The van der Waals surface area contributed by atoms with E-state index in [-0.39, 0.29) is 50.7 Å². The third kappa shape index (κ3) is 12.0. The molecule has 49 heavy (non-hydrogen) atoms. The minimum atomic E-state index is -2.43. The molecule has 0 aliphatic rings. The van der Waals surface area contributed by atoms with Crippen molar-refractivity contribution in [2.75, 3.05) is 31.7 Å². The molecule has 3 rings (SSSR count). The monoisotopic (exact) mass is 709 g/mol. The Morgan fingerprint density at radius 3 is 1.65 bits per heavy atom. The van der Waals surface area contributed by atoms with Gasteiger partial charge in [-0.2, -0.15) is 12.6 Å². The SMILES string of the molecule is CCOC(=O)CNC(=O)C(CS)NC(=O)CCC(NC(=O)CCCC[PH](c1ccccc1)(c1ccccc1)c1ccccc1)C(=O)OCC. The second-order valence-electron chi connectivity index (χ2n) is 11.4. The zero-order valence-electron chi connectivity index (χ0n) is 28.2. The van der Waals surface area contributed by atoms with E-state index >= 15 is 0 Å². The molecule has 3 aromatic rings. The van der Waals surface area contributed by atoms with Crippen LogP contribution in [0.5, 0.6) is 0 Å². The molecular weight excluding hydrogens is 661 g/mol. The minimum absolute atomic E-state index is 0.0125. The van der Waals surface area contributed by atoms with Crippen LogP contribution in [-0.4, -0.2) is 73.4 Å². The summed E-state index contributed by atoms with van der Waals surface area (Å²) in [5.74, 6) is -2.66. The van der Waals surface area contributed by atoms with E-state index in [2.05, 4.69) is 101 Å². The van der Waals surface area contributed by atoms with Crippen LogP contribution in [0.25, 0.3) is 0 Å². The first-order chi connectivity index (χ1) is 23.7. The van der Waals surface area contributed by atoms with Crippen molar-refractivity contribution in [1.29, 1.82) is 0 Å². The van der Waals surface area contributed by atoms with Crippen LogP contribution in [0.2, 0.25) is 0 Å². The average Bonchev–Trinajstić information content (AvgIpc) is 3.12. The topological polar surface area (TPSA) is 140 Å².